The molecule has 0 bridgehead atoms. The number of carbonyl (C=O) groups excluding carboxylic acids is 1. The molecule has 0 spiro atoms. The van der Waals surface area contributed by atoms with Gasteiger partial charge in [0, 0.05) is 6.54 Å². The Morgan fingerprint density at radius 1 is 1.14 bits per heavy atom. The van der Waals surface area contributed by atoms with Crippen molar-refractivity contribution >= 4 is 28.5 Å². The molecule has 0 unspecified atom stereocenters. The van der Waals surface area contributed by atoms with Crippen molar-refractivity contribution in [3.63, 3.8) is 0 Å². The zero-order valence-electron chi connectivity index (χ0n) is 18.8. The third-order valence-electron chi connectivity index (χ3n) is 7.26. The highest BCUT2D eigenvalue weighted by atomic mass is 35.5. The molecule has 1 aliphatic carbocycles. The number of imidazole rings is 1. The molecule has 7 nitrogen and oxygen atoms in total. The highest BCUT2D eigenvalue weighted by molar-refractivity contribution is 6.32. The van der Waals surface area contributed by atoms with Gasteiger partial charge in [-0.05, 0) is 68.0 Å². The van der Waals surface area contributed by atoms with E-state index >= 15 is 0 Å². The van der Waals surface area contributed by atoms with Crippen LogP contribution < -0.4 is 0 Å². The Balaban J connectivity index is 1.43. The summed E-state index contributed by atoms with van der Waals surface area (Å²) in [4.78, 5) is 24.8. The Kier molecular flexibility index (Phi) is 4.61. The molecule has 3 heterocycles. The number of alkyl halides is 3. The monoisotopic (exact) mass is 500 g/mol. The van der Waals surface area contributed by atoms with E-state index in [-0.39, 0.29) is 17.3 Å². The van der Waals surface area contributed by atoms with Gasteiger partial charge in [-0.3, -0.25) is 4.79 Å². The van der Waals surface area contributed by atoms with Gasteiger partial charge in [0.1, 0.15) is 11.4 Å². The van der Waals surface area contributed by atoms with E-state index in [9.17, 15) is 18.0 Å². The third kappa shape index (κ3) is 3.26. The molecule has 180 valence electrons. The Hall–Kier alpha value is -3.40. The smallest absolute Gasteiger partial charge is 0.340 e. The first kappa shape index (κ1) is 22.1. The van der Waals surface area contributed by atoms with Crippen LogP contribution in [-0.2, 0) is 11.7 Å². The zero-order chi connectivity index (χ0) is 24.7. The maximum absolute atomic E-state index is 13.9. The lowest BCUT2D eigenvalue weighted by Gasteiger charge is -2.28. The van der Waals surface area contributed by atoms with Gasteiger partial charge < -0.3 is 9.88 Å². The van der Waals surface area contributed by atoms with Crippen molar-refractivity contribution in [1.82, 2.24) is 29.9 Å². The molecular formula is C24H20ClF3N6O. The average Bonchev–Trinajstić information content (AvgIpc) is 3.21. The first-order valence-electron chi connectivity index (χ1n) is 11.2. The minimum Gasteiger partial charge on any atom is -0.340 e. The molecule has 6 rings (SSSR count). The van der Waals surface area contributed by atoms with E-state index < -0.39 is 22.3 Å². The van der Waals surface area contributed by atoms with E-state index in [4.69, 9.17) is 11.6 Å². The number of amides is 1. The number of fused-ring (bicyclic) bond motifs is 2. The van der Waals surface area contributed by atoms with Gasteiger partial charge in [-0.25, -0.2) is 4.98 Å². The molecule has 1 saturated heterocycles. The molecule has 2 aromatic carbocycles. The van der Waals surface area contributed by atoms with E-state index in [1.807, 2.05) is 26.0 Å². The first-order valence-corrected chi connectivity index (χ1v) is 11.5. The van der Waals surface area contributed by atoms with Crippen molar-refractivity contribution in [3.05, 3.63) is 69.8 Å². The number of hydrogen-bond donors (Lipinski definition) is 1. The van der Waals surface area contributed by atoms with Gasteiger partial charge in [0.15, 0.2) is 0 Å². The number of rotatable bonds is 3. The summed E-state index contributed by atoms with van der Waals surface area (Å²) in [6.07, 6.45) is 0.00160. The summed E-state index contributed by atoms with van der Waals surface area (Å²) in [6, 6.07) is 5.93. The molecular weight excluding hydrogens is 481 g/mol. The number of nitrogens with one attached hydrogen (secondary N) is 1. The topological polar surface area (TPSA) is 79.7 Å². The Morgan fingerprint density at radius 2 is 1.86 bits per heavy atom. The second-order valence-corrected chi connectivity index (χ2v) is 9.68. The SMILES string of the molecule is Cc1cc(C(=O)N2CC[C@@H]3C[C@@]32c2nc3cc(Cl)c(C(F)(F)F)cc3[nH]2)c(-n2nccn2)cc1C. The Bertz CT molecular complexity index is 1500. The maximum atomic E-state index is 13.9. The van der Waals surface area contributed by atoms with Gasteiger partial charge in [0.25, 0.3) is 5.91 Å². The van der Waals surface area contributed by atoms with Gasteiger partial charge in [-0.1, -0.05) is 11.6 Å². The number of halogens is 4. The molecule has 4 aromatic rings. The molecule has 11 heteroatoms. The number of carbonyl (C=O) groups is 1. The summed E-state index contributed by atoms with van der Waals surface area (Å²) in [5, 5.41) is 8.01. The molecule has 1 saturated carbocycles. The van der Waals surface area contributed by atoms with Crippen LogP contribution in [0.25, 0.3) is 16.7 Å². The van der Waals surface area contributed by atoms with Gasteiger partial charge in [0.2, 0.25) is 0 Å². The van der Waals surface area contributed by atoms with E-state index in [1.165, 1.54) is 10.9 Å². The van der Waals surface area contributed by atoms with E-state index in [0.717, 1.165) is 23.6 Å². The summed E-state index contributed by atoms with van der Waals surface area (Å²) in [7, 11) is 0. The Labute approximate surface area is 202 Å². The van der Waals surface area contributed by atoms with Gasteiger partial charge in [-0.2, -0.15) is 28.2 Å². The number of H-pyrrole nitrogens is 1. The normalized spacial score (nSPS) is 21.5. The lowest BCUT2D eigenvalue weighted by Crippen LogP contribution is -2.39. The maximum Gasteiger partial charge on any atom is 0.417 e. The molecule has 2 atom stereocenters. The minimum atomic E-state index is -4.58. The molecule has 2 fully saturated rings. The molecule has 1 amide bonds. The number of hydrogen-bond acceptors (Lipinski definition) is 4. The quantitative estimate of drug-likeness (QED) is 0.419. The predicted molar refractivity (Wildman–Crippen MR) is 122 cm³/mol. The van der Waals surface area contributed by atoms with Crippen LogP contribution in [0.3, 0.4) is 0 Å². The fourth-order valence-electron chi connectivity index (χ4n) is 5.25. The number of piperidine rings is 1. The number of aromatic nitrogens is 5. The third-order valence-corrected chi connectivity index (χ3v) is 7.58. The molecule has 35 heavy (non-hydrogen) atoms. The highest BCUT2D eigenvalue weighted by Gasteiger charge is 2.66. The fourth-order valence-corrected chi connectivity index (χ4v) is 5.52. The highest BCUT2D eigenvalue weighted by Crippen LogP contribution is 2.62. The van der Waals surface area contributed by atoms with Crippen LogP contribution in [0.2, 0.25) is 5.02 Å². The lowest BCUT2D eigenvalue weighted by molar-refractivity contribution is -0.137. The Morgan fingerprint density at radius 3 is 2.54 bits per heavy atom. The van der Waals surface area contributed by atoms with Crippen molar-refractivity contribution < 1.29 is 18.0 Å². The summed E-state index contributed by atoms with van der Waals surface area (Å²) in [6.45, 7) is 4.42. The first-order chi connectivity index (χ1) is 16.6. The van der Waals surface area contributed by atoms with E-state index in [2.05, 4.69) is 20.2 Å². The van der Waals surface area contributed by atoms with Crippen LogP contribution in [0.15, 0.2) is 36.7 Å². The number of nitrogens with zero attached hydrogens (tertiary/aromatic N) is 5. The number of aryl methyl sites for hydroxylation is 2. The summed E-state index contributed by atoms with van der Waals surface area (Å²) >= 11 is 5.90. The lowest BCUT2D eigenvalue weighted by atomic mass is 10.0. The van der Waals surface area contributed by atoms with Gasteiger partial charge >= 0.3 is 6.18 Å². The second kappa shape index (κ2) is 7.30. The minimum absolute atomic E-state index is 0.183. The van der Waals surface area contributed by atoms with Crippen LogP contribution >= 0.6 is 11.6 Å². The molecule has 2 aromatic heterocycles. The zero-order valence-corrected chi connectivity index (χ0v) is 19.6. The van der Waals surface area contributed by atoms with Crippen LogP contribution in [0, 0.1) is 19.8 Å². The molecule has 1 N–H and O–H groups in total. The second-order valence-electron chi connectivity index (χ2n) is 9.28. The van der Waals surface area contributed by atoms with E-state index in [1.54, 1.807) is 17.3 Å². The van der Waals surface area contributed by atoms with Crippen LogP contribution in [0.5, 0.6) is 0 Å². The molecule has 1 aliphatic heterocycles. The van der Waals surface area contributed by atoms with Crippen molar-refractivity contribution in [1.29, 1.82) is 0 Å². The van der Waals surface area contributed by atoms with Crippen molar-refractivity contribution in [2.75, 3.05) is 6.54 Å². The molecule has 2 aliphatic rings. The average molecular weight is 501 g/mol. The number of likely N-dealkylation sites (tertiary alicyclic amines) is 1. The fraction of sp³-hybridized carbons (Fsp3) is 0.333. The summed E-state index contributed by atoms with van der Waals surface area (Å²) in [5.41, 5.74) is 1.98. The standard InChI is InChI=1S/C24H20ClF3N6O/c1-12-7-15(20(8-13(12)2)34-29-4-5-30-34)21(35)33-6-3-14-11-23(14,33)22-31-18-9-16(24(26,27)28)17(25)10-19(18)32-22/h4-5,7-10,14H,3,6,11H2,1-2H3,(H,31,32)/t14-,23+/m1/s1. The van der Waals surface area contributed by atoms with E-state index in [0.29, 0.717) is 35.6 Å². The summed E-state index contributed by atoms with van der Waals surface area (Å²) < 4.78 is 40.1. The molecule has 0 radical (unpaired) electrons. The van der Waals surface area contributed by atoms with Crippen LogP contribution in [0.1, 0.15) is 45.7 Å². The van der Waals surface area contributed by atoms with Crippen molar-refractivity contribution in [2.45, 2.75) is 38.4 Å². The van der Waals surface area contributed by atoms with Crippen molar-refractivity contribution in [2.24, 2.45) is 5.92 Å². The largest absolute Gasteiger partial charge is 0.417 e. The van der Waals surface area contributed by atoms with Gasteiger partial charge in [-0.15, -0.1) is 0 Å². The van der Waals surface area contributed by atoms with Gasteiger partial charge in [0.05, 0.1) is 45.3 Å². The summed E-state index contributed by atoms with van der Waals surface area (Å²) in [5.74, 6) is 0.485. The van der Waals surface area contributed by atoms with Crippen molar-refractivity contribution in [3.8, 4) is 5.69 Å². The predicted octanol–water partition coefficient (Wildman–Crippen LogP) is 5.19. The van der Waals surface area contributed by atoms with Crippen LogP contribution in [0.4, 0.5) is 13.2 Å². The van der Waals surface area contributed by atoms with Crippen LogP contribution in [-0.4, -0.2) is 42.3 Å². The number of aromatic amines is 1. The number of benzene rings is 2.